The molecule has 0 amide bonds. The molecule has 1 aliphatic rings. The highest BCUT2D eigenvalue weighted by Gasteiger charge is 2.41. The van der Waals surface area contributed by atoms with Crippen LogP contribution in [0.15, 0.2) is 55.0 Å². The number of pyridine rings is 2. The maximum Gasteiger partial charge on any atom is 0.170 e. The van der Waals surface area contributed by atoms with E-state index in [0.29, 0.717) is 12.6 Å². The molecule has 150 valence electrons. The smallest absolute Gasteiger partial charge is 0.170 e. The van der Waals surface area contributed by atoms with Crippen LogP contribution in [0.3, 0.4) is 0 Å². The Hall–Kier alpha value is -2.73. The van der Waals surface area contributed by atoms with Gasteiger partial charge in [0.25, 0.3) is 0 Å². The van der Waals surface area contributed by atoms with Crippen molar-refractivity contribution in [2.45, 2.75) is 52.4 Å². The van der Waals surface area contributed by atoms with Crippen molar-refractivity contribution in [1.29, 1.82) is 0 Å². The zero-order valence-electron chi connectivity index (χ0n) is 17.3. The van der Waals surface area contributed by atoms with Crippen LogP contribution in [0.1, 0.15) is 60.2 Å². The highest BCUT2D eigenvalue weighted by Crippen LogP contribution is 2.42. The van der Waals surface area contributed by atoms with E-state index in [1.165, 1.54) is 17.0 Å². The Morgan fingerprint density at radius 3 is 2.59 bits per heavy atom. The van der Waals surface area contributed by atoms with E-state index in [2.05, 4.69) is 70.6 Å². The SMILES string of the molecule is Cc1cc([C@H]2[C@H](c3ccccn3)NC(=S)N2Cc2cccnc2)c(C)n1C(C)C. The lowest BCUT2D eigenvalue weighted by molar-refractivity contribution is 0.309. The number of aromatic nitrogens is 3. The van der Waals surface area contributed by atoms with E-state index in [1.807, 2.05) is 30.6 Å². The first-order chi connectivity index (χ1) is 14.0. The van der Waals surface area contributed by atoms with Gasteiger partial charge in [-0.3, -0.25) is 9.97 Å². The summed E-state index contributed by atoms with van der Waals surface area (Å²) in [5.41, 5.74) is 5.99. The normalized spacial score (nSPS) is 19.1. The molecule has 0 unspecified atom stereocenters. The molecular weight excluding hydrogens is 378 g/mol. The predicted octanol–water partition coefficient (Wildman–Crippen LogP) is 4.65. The van der Waals surface area contributed by atoms with Crippen molar-refractivity contribution in [2.24, 2.45) is 0 Å². The summed E-state index contributed by atoms with van der Waals surface area (Å²) >= 11 is 5.79. The molecule has 1 aliphatic heterocycles. The van der Waals surface area contributed by atoms with Gasteiger partial charge in [0.1, 0.15) is 0 Å². The van der Waals surface area contributed by atoms with Crippen molar-refractivity contribution < 1.29 is 0 Å². The van der Waals surface area contributed by atoms with Crippen molar-refractivity contribution in [1.82, 2.24) is 24.8 Å². The molecule has 3 aromatic rings. The molecule has 1 fully saturated rings. The Morgan fingerprint density at radius 2 is 1.97 bits per heavy atom. The maximum absolute atomic E-state index is 5.79. The molecule has 0 aromatic carbocycles. The standard InChI is InChI=1S/C23H27N5S/c1-15(2)28-16(3)12-19(17(28)4)22-21(20-9-5-6-11-25-20)26-23(29)27(22)14-18-8-7-10-24-13-18/h5-13,15,21-22H,14H2,1-4H3,(H,26,29)/t21-,22-/m0/s1. The van der Waals surface area contributed by atoms with Crippen LogP contribution in [0.4, 0.5) is 0 Å². The van der Waals surface area contributed by atoms with Gasteiger partial charge in [0, 0.05) is 42.6 Å². The summed E-state index contributed by atoms with van der Waals surface area (Å²) in [6.45, 7) is 9.55. The van der Waals surface area contributed by atoms with Crippen LogP contribution in [0, 0.1) is 13.8 Å². The van der Waals surface area contributed by atoms with Crippen molar-refractivity contribution in [3.63, 3.8) is 0 Å². The van der Waals surface area contributed by atoms with Crippen molar-refractivity contribution in [3.8, 4) is 0 Å². The summed E-state index contributed by atoms with van der Waals surface area (Å²) in [6, 6.07) is 12.9. The van der Waals surface area contributed by atoms with Crippen LogP contribution >= 0.6 is 12.2 Å². The van der Waals surface area contributed by atoms with Gasteiger partial charge in [-0.15, -0.1) is 0 Å². The third kappa shape index (κ3) is 3.65. The fraction of sp³-hybridized carbons (Fsp3) is 0.348. The molecule has 5 nitrogen and oxygen atoms in total. The molecule has 4 rings (SSSR count). The number of aryl methyl sites for hydroxylation is 1. The van der Waals surface area contributed by atoms with Gasteiger partial charge >= 0.3 is 0 Å². The fourth-order valence-corrected chi connectivity index (χ4v) is 4.80. The molecule has 0 spiro atoms. The van der Waals surface area contributed by atoms with Crippen molar-refractivity contribution in [2.75, 3.05) is 0 Å². The summed E-state index contributed by atoms with van der Waals surface area (Å²) in [6.07, 6.45) is 5.55. The van der Waals surface area contributed by atoms with Gasteiger partial charge in [0.05, 0.1) is 17.8 Å². The minimum absolute atomic E-state index is 0.00137. The lowest BCUT2D eigenvalue weighted by Crippen LogP contribution is -2.29. The second kappa shape index (κ2) is 7.95. The van der Waals surface area contributed by atoms with E-state index in [1.54, 1.807) is 6.20 Å². The molecule has 29 heavy (non-hydrogen) atoms. The summed E-state index contributed by atoms with van der Waals surface area (Å²) in [7, 11) is 0. The number of rotatable bonds is 5. The number of hydrogen-bond donors (Lipinski definition) is 1. The van der Waals surface area contributed by atoms with E-state index < -0.39 is 0 Å². The van der Waals surface area contributed by atoms with E-state index in [4.69, 9.17) is 12.2 Å². The first-order valence-electron chi connectivity index (χ1n) is 10.0. The summed E-state index contributed by atoms with van der Waals surface area (Å²) in [5.74, 6) is 0. The van der Waals surface area contributed by atoms with Gasteiger partial charge in [-0.1, -0.05) is 12.1 Å². The number of nitrogens with one attached hydrogen (secondary N) is 1. The van der Waals surface area contributed by atoms with Crippen molar-refractivity contribution in [3.05, 3.63) is 83.2 Å². The van der Waals surface area contributed by atoms with Crippen LogP contribution in [0.5, 0.6) is 0 Å². The quantitative estimate of drug-likeness (QED) is 0.626. The van der Waals surface area contributed by atoms with Gasteiger partial charge in [-0.05, 0) is 75.3 Å². The Kier molecular flexibility index (Phi) is 5.37. The molecule has 0 aliphatic carbocycles. The Bertz CT molecular complexity index is 997. The first kappa shape index (κ1) is 19.6. The Labute approximate surface area is 177 Å². The van der Waals surface area contributed by atoms with Crippen LogP contribution in [-0.4, -0.2) is 24.5 Å². The van der Waals surface area contributed by atoms with Gasteiger partial charge in [-0.25, -0.2) is 0 Å². The Morgan fingerprint density at radius 1 is 1.14 bits per heavy atom. The van der Waals surface area contributed by atoms with Crippen molar-refractivity contribution >= 4 is 17.3 Å². The second-order valence-electron chi connectivity index (χ2n) is 7.91. The topological polar surface area (TPSA) is 46.0 Å². The first-order valence-corrected chi connectivity index (χ1v) is 10.4. The molecule has 6 heteroatoms. The monoisotopic (exact) mass is 405 g/mol. The van der Waals surface area contributed by atoms with Gasteiger partial charge in [0.15, 0.2) is 5.11 Å². The van der Waals surface area contributed by atoms with Crippen LogP contribution in [-0.2, 0) is 6.54 Å². The number of thiocarbonyl (C=S) groups is 1. The lowest BCUT2D eigenvalue weighted by atomic mass is 9.96. The van der Waals surface area contributed by atoms with Gasteiger partial charge in [0.2, 0.25) is 0 Å². The molecule has 4 heterocycles. The lowest BCUT2D eigenvalue weighted by Gasteiger charge is -2.28. The van der Waals surface area contributed by atoms with Gasteiger partial charge in [-0.2, -0.15) is 0 Å². The molecular formula is C23H27N5S. The maximum atomic E-state index is 5.79. The molecule has 3 aromatic heterocycles. The Balaban J connectivity index is 1.81. The van der Waals surface area contributed by atoms with E-state index >= 15 is 0 Å². The summed E-state index contributed by atoms with van der Waals surface area (Å²) < 4.78 is 2.40. The van der Waals surface area contributed by atoms with Crippen LogP contribution < -0.4 is 5.32 Å². The summed E-state index contributed by atoms with van der Waals surface area (Å²) in [4.78, 5) is 11.2. The minimum atomic E-state index is 0.00137. The second-order valence-corrected chi connectivity index (χ2v) is 8.29. The highest BCUT2D eigenvalue weighted by atomic mass is 32.1. The van der Waals surface area contributed by atoms with Crippen LogP contribution in [0.25, 0.3) is 0 Å². The molecule has 1 saturated heterocycles. The molecule has 0 bridgehead atoms. The zero-order valence-corrected chi connectivity index (χ0v) is 18.1. The molecule has 2 atom stereocenters. The van der Waals surface area contributed by atoms with E-state index in [0.717, 1.165) is 16.4 Å². The average Bonchev–Trinajstić information content (AvgIpc) is 3.19. The van der Waals surface area contributed by atoms with E-state index in [-0.39, 0.29) is 12.1 Å². The summed E-state index contributed by atoms with van der Waals surface area (Å²) in [5, 5.41) is 4.29. The highest BCUT2D eigenvalue weighted by molar-refractivity contribution is 7.80. The van der Waals surface area contributed by atoms with Gasteiger partial charge < -0.3 is 14.8 Å². The molecule has 1 N–H and O–H groups in total. The van der Waals surface area contributed by atoms with Crippen LogP contribution in [0.2, 0.25) is 0 Å². The molecule has 0 saturated carbocycles. The van der Waals surface area contributed by atoms with E-state index in [9.17, 15) is 0 Å². The largest absolute Gasteiger partial charge is 0.352 e. The number of nitrogens with zero attached hydrogens (tertiary/aromatic N) is 4. The zero-order chi connectivity index (χ0) is 20.5. The predicted molar refractivity (Wildman–Crippen MR) is 120 cm³/mol. The average molecular weight is 406 g/mol. The minimum Gasteiger partial charge on any atom is -0.352 e. The third-order valence-electron chi connectivity index (χ3n) is 5.63. The fourth-order valence-electron chi connectivity index (χ4n) is 4.50. The molecule has 0 radical (unpaired) electrons. The third-order valence-corrected chi connectivity index (χ3v) is 5.98. The number of hydrogen-bond acceptors (Lipinski definition) is 3.